The fourth-order valence-electron chi connectivity index (χ4n) is 0.813. The number of methoxy groups -OCH3 is 1. The standard InChI is InChI=1S/C9H20N2O2/c1-8(2)10(3)6-7-11(4)9(12)13-5/h8H,6-7H2,1-5H3. The monoisotopic (exact) mass is 188 g/mol. The second-order valence-corrected chi connectivity index (χ2v) is 3.47. The maximum Gasteiger partial charge on any atom is 0.409 e. The van der Waals surface area contributed by atoms with E-state index < -0.39 is 0 Å². The Hall–Kier alpha value is -0.770. The molecule has 0 heterocycles. The summed E-state index contributed by atoms with van der Waals surface area (Å²) in [5.74, 6) is 0. The van der Waals surface area contributed by atoms with Crippen LogP contribution in [-0.4, -0.2) is 56.2 Å². The average molecular weight is 188 g/mol. The number of carbonyl (C=O) groups excluding carboxylic acids is 1. The van der Waals surface area contributed by atoms with E-state index in [1.54, 1.807) is 11.9 Å². The number of likely N-dealkylation sites (N-methyl/N-ethyl adjacent to an activating group) is 2. The summed E-state index contributed by atoms with van der Waals surface area (Å²) in [4.78, 5) is 14.7. The first-order chi connectivity index (χ1) is 5.99. The fraction of sp³-hybridized carbons (Fsp3) is 0.889. The third-order valence-corrected chi connectivity index (χ3v) is 2.16. The van der Waals surface area contributed by atoms with Gasteiger partial charge < -0.3 is 14.5 Å². The highest BCUT2D eigenvalue weighted by Crippen LogP contribution is 1.94. The summed E-state index contributed by atoms with van der Waals surface area (Å²) in [6.07, 6.45) is -0.280. The summed E-state index contributed by atoms with van der Waals surface area (Å²) in [7, 11) is 5.17. The molecular weight excluding hydrogens is 168 g/mol. The highest BCUT2D eigenvalue weighted by molar-refractivity contribution is 5.66. The Morgan fingerprint density at radius 1 is 1.31 bits per heavy atom. The molecule has 78 valence electrons. The van der Waals surface area contributed by atoms with Crippen molar-refractivity contribution in [3.05, 3.63) is 0 Å². The minimum absolute atomic E-state index is 0.280. The Balaban J connectivity index is 3.69. The van der Waals surface area contributed by atoms with E-state index in [1.807, 2.05) is 7.05 Å². The summed E-state index contributed by atoms with van der Waals surface area (Å²) in [5, 5.41) is 0. The number of amides is 1. The molecular formula is C9H20N2O2. The molecule has 0 bridgehead atoms. The minimum atomic E-state index is -0.280. The fourth-order valence-corrected chi connectivity index (χ4v) is 0.813. The quantitative estimate of drug-likeness (QED) is 0.660. The number of carbonyl (C=O) groups is 1. The van der Waals surface area contributed by atoms with Crippen molar-refractivity contribution < 1.29 is 9.53 Å². The average Bonchev–Trinajstić information content (AvgIpc) is 2.11. The van der Waals surface area contributed by atoms with Crippen molar-refractivity contribution in [2.24, 2.45) is 0 Å². The van der Waals surface area contributed by atoms with E-state index in [0.29, 0.717) is 12.6 Å². The number of hydrogen-bond donors (Lipinski definition) is 0. The third-order valence-electron chi connectivity index (χ3n) is 2.16. The zero-order valence-corrected chi connectivity index (χ0v) is 9.20. The molecule has 4 nitrogen and oxygen atoms in total. The van der Waals surface area contributed by atoms with Crippen molar-refractivity contribution in [2.45, 2.75) is 19.9 Å². The first kappa shape index (κ1) is 12.2. The van der Waals surface area contributed by atoms with Crippen LogP contribution in [0.15, 0.2) is 0 Å². The van der Waals surface area contributed by atoms with Crippen LogP contribution < -0.4 is 0 Å². The smallest absolute Gasteiger partial charge is 0.409 e. The van der Waals surface area contributed by atoms with Crippen LogP contribution in [0, 0.1) is 0 Å². The summed E-state index contributed by atoms with van der Waals surface area (Å²) < 4.78 is 4.57. The summed E-state index contributed by atoms with van der Waals surface area (Å²) in [5.41, 5.74) is 0. The van der Waals surface area contributed by atoms with E-state index >= 15 is 0 Å². The van der Waals surface area contributed by atoms with E-state index in [1.165, 1.54) is 7.11 Å². The molecule has 0 aliphatic heterocycles. The van der Waals surface area contributed by atoms with Crippen LogP contribution in [0.5, 0.6) is 0 Å². The zero-order valence-electron chi connectivity index (χ0n) is 9.20. The first-order valence-electron chi connectivity index (χ1n) is 4.48. The van der Waals surface area contributed by atoms with E-state index in [0.717, 1.165) is 6.54 Å². The second-order valence-electron chi connectivity index (χ2n) is 3.47. The predicted octanol–water partition coefficient (Wildman–Crippen LogP) is 1.02. The third kappa shape index (κ3) is 4.72. The molecule has 1 amide bonds. The van der Waals surface area contributed by atoms with Gasteiger partial charge in [0.15, 0.2) is 0 Å². The van der Waals surface area contributed by atoms with E-state index in [-0.39, 0.29) is 6.09 Å². The highest BCUT2D eigenvalue weighted by atomic mass is 16.5. The molecule has 0 unspecified atom stereocenters. The molecule has 0 saturated heterocycles. The molecule has 0 aliphatic rings. The van der Waals surface area contributed by atoms with Gasteiger partial charge in [-0.2, -0.15) is 0 Å². The minimum Gasteiger partial charge on any atom is -0.453 e. The van der Waals surface area contributed by atoms with Gasteiger partial charge in [-0.1, -0.05) is 0 Å². The van der Waals surface area contributed by atoms with Crippen molar-refractivity contribution in [3.63, 3.8) is 0 Å². The van der Waals surface area contributed by atoms with E-state index in [9.17, 15) is 4.79 Å². The largest absolute Gasteiger partial charge is 0.453 e. The number of nitrogens with zero attached hydrogens (tertiary/aromatic N) is 2. The SMILES string of the molecule is COC(=O)N(C)CCN(C)C(C)C. The van der Waals surface area contributed by atoms with Crippen molar-refractivity contribution in [3.8, 4) is 0 Å². The van der Waals surface area contributed by atoms with Crippen LogP contribution in [0.3, 0.4) is 0 Å². The predicted molar refractivity (Wildman–Crippen MR) is 52.8 cm³/mol. The maximum atomic E-state index is 11.0. The van der Waals surface area contributed by atoms with Gasteiger partial charge in [-0.25, -0.2) is 4.79 Å². The first-order valence-corrected chi connectivity index (χ1v) is 4.48. The topological polar surface area (TPSA) is 32.8 Å². The molecule has 0 aromatic carbocycles. The second kappa shape index (κ2) is 5.80. The molecule has 0 atom stereocenters. The van der Waals surface area contributed by atoms with Crippen molar-refractivity contribution in [2.75, 3.05) is 34.3 Å². The van der Waals surface area contributed by atoms with Crippen molar-refractivity contribution in [1.29, 1.82) is 0 Å². The van der Waals surface area contributed by atoms with Gasteiger partial charge in [0.25, 0.3) is 0 Å². The van der Waals surface area contributed by atoms with Crippen LogP contribution in [0.4, 0.5) is 4.79 Å². The molecule has 0 N–H and O–H groups in total. The van der Waals surface area contributed by atoms with E-state index in [4.69, 9.17) is 0 Å². The van der Waals surface area contributed by atoms with Gasteiger partial charge in [0, 0.05) is 26.2 Å². The Kier molecular flexibility index (Phi) is 5.46. The Morgan fingerprint density at radius 3 is 2.23 bits per heavy atom. The molecule has 13 heavy (non-hydrogen) atoms. The molecule has 0 radical (unpaired) electrons. The maximum absolute atomic E-state index is 11.0. The molecule has 0 aromatic heterocycles. The van der Waals surface area contributed by atoms with E-state index in [2.05, 4.69) is 23.5 Å². The highest BCUT2D eigenvalue weighted by Gasteiger charge is 2.09. The molecule has 0 aromatic rings. The molecule has 4 heteroatoms. The van der Waals surface area contributed by atoms with Crippen LogP contribution in [0.25, 0.3) is 0 Å². The van der Waals surface area contributed by atoms with Gasteiger partial charge in [-0.05, 0) is 20.9 Å². The summed E-state index contributed by atoms with van der Waals surface area (Å²) >= 11 is 0. The normalized spacial score (nSPS) is 10.7. The number of ether oxygens (including phenoxy) is 1. The van der Waals surface area contributed by atoms with Gasteiger partial charge in [0.05, 0.1) is 7.11 Å². The van der Waals surface area contributed by atoms with Gasteiger partial charge in [-0.15, -0.1) is 0 Å². The molecule has 0 aliphatic carbocycles. The Bertz CT molecular complexity index is 160. The summed E-state index contributed by atoms with van der Waals surface area (Å²) in [6, 6.07) is 0.506. The Labute approximate surface area is 80.5 Å². The number of hydrogen-bond acceptors (Lipinski definition) is 3. The lowest BCUT2D eigenvalue weighted by Gasteiger charge is -2.24. The van der Waals surface area contributed by atoms with Crippen molar-refractivity contribution >= 4 is 6.09 Å². The molecule has 0 fully saturated rings. The molecule has 0 saturated carbocycles. The lowest BCUT2D eigenvalue weighted by atomic mass is 10.3. The molecule has 0 rings (SSSR count). The van der Waals surface area contributed by atoms with Gasteiger partial charge in [0.2, 0.25) is 0 Å². The van der Waals surface area contributed by atoms with Gasteiger partial charge in [-0.3, -0.25) is 0 Å². The van der Waals surface area contributed by atoms with Crippen LogP contribution in [-0.2, 0) is 4.74 Å². The van der Waals surface area contributed by atoms with Gasteiger partial charge >= 0.3 is 6.09 Å². The van der Waals surface area contributed by atoms with Crippen LogP contribution in [0.2, 0.25) is 0 Å². The molecule has 0 spiro atoms. The van der Waals surface area contributed by atoms with Gasteiger partial charge in [0.1, 0.15) is 0 Å². The van der Waals surface area contributed by atoms with Crippen LogP contribution >= 0.6 is 0 Å². The lowest BCUT2D eigenvalue weighted by molar-refractivity contribution is 0.127. The number of rotatable bonds is 4. The summed E-state index contributed by atoms with van der Waals surface area (Å²) in [6.45, 7) is 5.81. The lowest BCUT2D eigenvalue weighted by Crippen LogP contribution is -2.37. The van der Waals surface area contributed by atoms with Crippen LogP contribution in [0.1, 0.15) is 13.8 Å². The van der Waals surface area contributed by atoms with Crippen molar-refractivity contribution in [1.82, 2.24) is 9.80 Å². The zero-order chi connectivity index (χ0) is 10.4. The Morgan fingerprint density at radius 2 is 1.85 bits per heavy atom.